The van der Waals surface area contributed by atoms with Crippen molar-refractivity contribution in [3.05, 3.63) is 89.5 Å². The Morgan fingerprint density at radius 1 is 1.06 bits per heavy atom. The van der Waals surface area contributed by atoms with Gasteiger partial charge >= 0.3 is 6.03 Å². The average molecular weight is 457 g/mol. The van der Waals surface area contributed by atoms with Crippen LogP contribution in [0.1, 0.15) is 21.7 Å². The molecule has 0 atom stereocenters. The molecule has 170 valence electrons. The van der Waals surface area contributed by atoms with E-state index in [2.05, 4.69) is 15.6 Å². The monoisotopic (exact) mass is 457 g/mol. The number of urea groups is 1. The molecule has 4 aromatic rings. The van der Waals surface area contributed by atoms with E-state index in [-0.39, 0.29) is 30.7 Å². The SMILES string of the molecule is Cc1nc2ccc(C(=O)Nc3ccc(CN4C(=O)CNC4=O)cc3)cc2n1-c1ccc(F)cc1. The van der Waals surface area contributed by atoms with E-state index in [0.29, 0.717) is 11.3 Å². The van der Waals surface area contributed by atoms with E-state index in [0.717, 1.165) is 33.0 Å². The van der Waals surface area contributed by atoms with Crippen molar-refractivity contribution < 1.29 is 18.8 Å². The number of imide groups is 1. The Bertz CT molecular complexity index is 1410. The molecule has 34 heavy (non-hydrogen) atoms. The second-order valence-electron chi connectivity index (χ2n) is 7.96. The van der Waals surface area contributed by atoms with Crippen LogP contribution in [0.3, 0.4) is 0 Å². The van der Waals surface area contributed by atoms with Gasteiger partial charge in [-0.15, -0.1) is 0 Å². The Balaban J connectivity index is 1.35. The molecule has 1 fully saturated rings. The fraction of sp³-hybridized carbons (Fsp3) is 0.120. The third kappa shape index (κ3) is 3.99. The highest BCUT2D eigenvalue weighted by molar-refractivity contribution is 6.06. The summed E-state index contributed by atoms with van der Waals surface area (Å²) in [6.45, 7) is 2.03. The van der Waals surface area contributed by atoms with Crippen molar-refractivity contribution >= 4 is 34.6 Å². The number of halogens is 1. The van der Waals surface area contributed by atoms with Gasteiger partial charge in [0.2, 0.25) is 5.91 Å². The van der Waals surface area contributed by atoms with Gasteiger partial charge in [-0.25, -0.2) is 14.2 Å². The summed E-state index contributed by atoms with van der Waals surface area (Å²) in [5.41, 5.74) is 4.00. The first-order chi connectivity index (χ1) is 16.4. The first-order valence-corrected chi connectivity index (χ1v) is 10.6. The van der Waals surface area contributed by atoms with Crippen molar-refractivity contribution in [1.82, 2.24) is 19.8 Å². The number of nitrogens with zero attached hydrogens (tertiary/aromatic N) is 3. The maximum absolute atomic E-state index is 13.4. The zero-order valence-corrected chi connectivity index (χ0v) is 18.2. The number of aromatic nitrogens is 2. The van der Waals surface area contributed by atoms with E-state index in [9.17, 15) is 18.8 Å². The molecule has 0 radical (unpaired) electrons. The molecule has 0 spiro atoms. The Kier molecular flexibility index (Phi) is 5.29. The molecule has 1 aliphatic heterocycles. The van der Waals surface area contributed by atoms with Gasteiger partial charge in [-0.05, 0) is 67.1 Å². The molecule has 0 bridgehead atoms. The van der Waals surface area contributed by atoms with Crippen LogP contribution >= 0.6 is 0 Å². The number of hydrogen-bond acceptors (Lipinski definition) is 4. The van der Waals surface area contributed by atoms with Gasteiger partial charge in [0, 0.05) is 16.9 Å². The Morgan fingerprint density at radius 2 is 1.79 bits per heavy atom. The lowest BCUT2D eigenvalue weighted by Gasteiger charge is -2.13. The molecule has 1 aromatic heterocycles. The lowest BCUT2D eigenvalue weighted by molar-refractivity contribution is -0.125. The summed E-state index contributed by atoms with van der Waals surface area (Å²) in [4.78, 5) is 42.0. The van der Waals surface area contributed by atoms with Gasteiger partial charge in [-0.1, -0.05) is 12.1 Å². The summed E-state index contributed by atoms with van der Waals surface area (Å²) in [5.74, 6) is -0.173. The van der Waals surface area contributed by atoms with Gasteiger partial charge in [0.25, 0.3) is 5.91 Å². The molecule has 0 saturated carbocycles. The van der Waals surface area contributed by atoms with Crippen LogP contribution in [-0.2, 0) is 11.3 Å². The van der Waals surface area contributed by atoms with Gasteiger partial charge in [0.15, 0.2) is 0 Å². The highest BCUT2D eigenvalue weighted by atomic mass is 19.1. The highest BCUT2D eigenvalue weighted by Gasteiger charge is 2.28. The van der Waals surface area contributed by atoms with Crippen LogP contribution < -0.4 is 10.6 Å². The fourth-order valence-corrected chi connectivity index (χ4v) is 3.95. The van der Waals surface area contributed by atoms with Crippen LogP contribution in [0.25, 0.3) is 16.7 Å². The number of rotatable bonds is 5. The number of benzene rings is 3. The van der Waals surface area contributed by atoms with E-state index in [4.69, 9.17) is 0 Å². The topological polar surface area (TPSA) is 96.3 Å². The zero-order valence-electron chi connectivity index (χ0n) is 18.2. The van der Waals surface area contributed by atoms with Gasteiger partial charge in [-0.3, -0.25) is 19.1 Å². The summed E-state index contributed by atoms with van der Waals surface area (Å²) in [6.07, 6.45) is 0. The van der Waals surface area contributed by atoms with Crippen molar-refractivity contribution in [2.75, 3.05) is 11.9 Å². The van der Waals surface area contributed by atoms with E-state index in [1.807, 2.05) is 11.5 Å². The number of imidazole rings is 1. The Morgan fingerprint density at radius 3 is 2.47 bits per heavy atom. The third-order valence-corrected chi connectivity index (χ3v) is 5.66. The maximum Gasteiger partial charge on any atom is 0.324 e. The van der Waals surface area contributed by atoms with Gasteiger partial charge in [-0.2, -0.15) is 0 Å². The smallest absolute Gasteiger partial charge is 0.324 e. The number of fused-ring (bicyclic) bond motifs is 1. The van der Waals surface area contributed by atoms with Gasteiger partial charge in [0.05, 0.1) is 24.1 Å². The number of carbonyl (C=O) groups is 3. The molecule has 1 saturated heterocycles. The van der Waals surface area contributed by atoms with Crippen molar-refractivity contribution in [3.8, 4) is 5.69 Å². The predicted molar refractivity (Wildman–Crippen MR) is 124 cm³/mol. The molecule has 0 unspecified atom stereocenters. The fourth-order valence-electron chi connectivity index (χ4n) is 3.95. The third-order valence-electron chi connectivity index (χ3n) is 5.66. The summed E-state index contributed by atoms with van der Waals surface area (Å²) in [7, 11) is 0. The number of carbonyl (C=O) groups excluding carboxylic acids is 3. The molecule has 8 nitrogen and oxygen atoms in total. The van der Waals surface area contributed by atoms with Gasteiger partial charge in [0.1, 0.15) is 11.6 Å². The molecule has 0 aliphatic carbocycles. The molecular formula is C25H20FN5O3. The van der Waals surface area contributed by atoms with Crippen molar-refractivity contribution in [1.29, 1.82) is 0 Å². The summed E-state index contributed by atoms with van der Waals surface area (Å²) in [6, 6.07) is 17.9. The van der Waals surface area contributed by atoms with Crippen LogP contribution in [0.4, 0.5) is 14.9 Å². The number of nitrogens with one attached hydrogen (secondary N) is 2. The quantitative estimate of drug-likeness (QED) is 0.446. The normalized spacial score (nSPS) is 13.4. The second kappa shape index (κ2) is 8.43. The lowest BCUT2D eigenvalue weighted by atomic mass is 10.1. The number of amides is 4. The molecular weight excluding hydrogens is 437 g/mol. The van der Waals surface area contributed by atoms with Crippen molar-refractivity contribution in [2.45, 2.75) is 13.5 Å². The van der Waals surface area contributed by atoms with Gasteiger partial charge < -0.3 is 10.6 Å². The minimum Gasteiger partial charge on any atom is -0.329 e. The second-order valence-corrected chi connectivity index (χ2v) is 7.96. The number of aryl methyl sites for hydroxylation is 1. The van der Waals surface area contributed by atoms with E-state index in [1.54, 1.807) is 54.6 Å². The minimum atomic E-state index is -0.409. The van der Waals surface area contributed by atoms with E-state index >= 15 is 0 Å². The molecule has 5 rings (SSSR count). The van der Waals surface area contributed by atoms with Crippen LogP contribution in [0, 0.1) is 12.7 Å². The van der Waals surface area contributed by atoms with E-state index in [1.165, 1.54) is 12.1 Å². The summed E-state index contributed by atoms with van der Waals surface area (Å²) >= 11 is 0. The van der Waals surface area contributed by atoms with Crippen LogP contribution in [0.5, 0.6) is 0 Å². The van der Waals surface area contributed by atoms with E-state index < -0.39 is 6.03 Å². The van der Waals surface area contributed by atoms with Crippen molar-refractivity contribution in [3.63, 3.8) is 0 Å². The largest absolute Gasteiger partial charge is 0.329 e. The molecule has 1 aliphatic rings. The lowest BCUT2D eigenvalue weighted by Crippen LogP contribution is -2.30. The Labute approximate surface area is 194 Å². The van der Waals surface area contributed by atoms with Crippen LogP contribution in [0.2, 0.25) is 0 Å². The predicted octanol–water partition coefficient (Wildman–Crippen LogP) is 3.78. The summed E-state index contributed by atoms with van der Waals surface area (Å²) in [5, 5.41) is 5.34. The average Bonchev–Trinajstić information content (AvgIpc) is 3.33. The van der Waals surface area contributed by atoms with Crippen LogP contribution in [0.15, 0.2) is 66.7 Å². The minimum absolute atomic E-state index is 0.0108. The molecule has 3 aromatic carbocycles. The zero-order chi connectivity index (χ0) is 23.8. The maximum atomic E-state index is 13.4. The highest BCUT2D eigenvalue weighted by Crippen LogP contribution is 2.23. The first kappa shape index (κ1) is 21.3. The van der Waals surface area contributed by atoms with Crippen molar-refractivity contribution in [2.24, 2.45) is 0 Å². The summed E-state index contributed by atoms with van der Waals surface area (Å²) < 4.78 is 15.2. The first-order valence-electron chi connectivity index (χ1n) is 10.6. The molecule has 2 heterocycles. The molecule has 9 heteroatoms. The van der Waals surface area contributed by atoms with Crippen LogP contribution in [-0.4, -0.2) is 38.8 Å². The standard InChI is InChI=1S/C25H20FN5O3/c1-15-28-21-11-4-17(12-22(21)31(15)20-9-5-18(26)6-10-20)24(33)29-19-7-2-16(3-8-19)14-30-23(32)13-27-25(30)34/h2-12H,13-14H2,1H3,(H,27,34)(H,29,33). The number of hydrogen-bond donors (Lipinski definition) is 2. The Hall–Kier alpha value is -4.53. The number of anilines is 1. The molecule has 2 N–H and O–H groups in total. The molecule has 4 amide bonds.